The van der Waals surface area contributed by atoms with Crippen molar-refractivity contribution in [2.24, 2.45) is 0 Å². The Morgan fingerprint density at radius 2 is 2.05 bits per heavy atom. The van der Waals surface area contributed by atoms with Crippen molar-refractivity contribution in [3.05, 3.63) is 30.5 Å². The third-order valence-electron chi connectivity index (χ3n) is 2.87. The molecule has 0 unspecified atom stereocenters. The molecule has 1 amide bonds. The van der Waals surface area contributed by atoms with E-state index in [4.69, 9.17) is 10.7 Å². The van der Waals surface area contributed by atoms with Crippen molar-refractivity contribution < 1.29 is 13.2 Å². The molecule has 0 bridgehead atoms. The third kappa shape index (κ3) is 2.90. The lowest BCUT2D eigenvalue weighted by atomic mass is 10.2. The summed E-state index contributed by atoms with van der Waals surface area (Å²) in [6, 6.07) is 7.05. The molecule has 0 radical (unpaired) electrons. The number of carbonyl (C=O) groups excluding carboxylic acids is 1. The molecule has 1 aromatic carbocycles. The number of halogens is 1. The molecule has 0 aliphatic heterocycles. The molecule has 102 valence electrons. The Kier molecular flexibility index (Phi) is 3.82. The van der Waals surface area contributed by atoms with Gasteiger partial charge in [0, 0.05) is 47.8 Å². The van der Waals surface area contributed by atoms with Crippen molar-refractivity contribution in [2.75, 3.05) is 7.05 Å². The van der Waals surface area contributed by atoms with Crippen LogP contribution in [0.2, 0.25) is 0 Å². The minimum atomic E-state index is -3.80. The van der Waals surface area contributed by atoms with Gasteiger partial charge in [-0.25, -0.2) is 8.42 Å². The molecule has 0 aliphatic rings. The topological polar surface area (TPSA) is 68.2 Å². The number of rotatable bonds is 4. The molecule has 0 aliphatic carbocycles. The molecule has 19 heavy (non-hydrogen) atoms. The van der Waals surface area contributed by atoms with E-state index in [1.54, 1.807) is 29.8 Å². The monoisotopic (exact) mass is 300 g/mol. The van der Waals surface area contributed by atoms with Gasteiger partial charge in [0.25, 0.3) is 9.05 Å². The van der Waals surface area contributed by atoms with Gasteiger partial charge in [0.15, 0.2) is 0 Å². The van der Waals surface area contributed by atoms with Crippen molar-refractivity contribution in [1.29, 1.82) is 0 Å². The second kappa shape index (κ2) is 5.22. The van der Waals surface area contributed by atoms with Gasteiger partial charge in [0.2, 0.25) is 5.91 Å². The minimum Gasteiger partial charge on any atom is -0.359 e. The maximum absolute atomic E-state index is 11.5. The van der Waals surface area contributed by atoms with Gasteiger partial charge < -0.3 is 9.88 Å². The minimum absolute atomic E-state index is 0.0710. The zero-order valence-corrected chi connectivity index (χ0v) is 11.8. The smallest absolute Gasteiger partial charge is 0.263 e. The van der Waals surface area contributed by atoms with Crippen molar-refractivity contribution in [3.63, 3.8) is 0 Å². The molecule has 1 aromatic heterocycles. The predicted octanol–water partition coefficient (Wildman–Crippen LogP) is 1.70. The fraction of sp³-hybridized carbons (Fsp3) is 0.250. The Hall–Kier alpha value is -1.53. The molecule has 1 N–H and O–H groups in total. The molecule has 0 saturated heterocycles. The maximum atomic E-state index is 11.5. The lowest BCUT2D eigenvalue weighted by Crippen LogP contribution is -2.19. The first kappa shape index (κ1) is 13.9. The van der Waals surface area contributed by atoms with Gasteiger partial charge in [-0.05, 0) is 6.07 Å². The quantitative estimate of drug-likeness (QED) is 0.874. The van der Waals surface area contributed by atoms with E-state index in [-0.39, 0.29) is 17.2 Å². The standard InChI is InChI=1S/C12H13ClN2O3S/c1-14-12(16)6-7-15-8-11(19(13,17)18)9-4-2-3-5-10(9)15/h2-5,8H,6-7H2,1H3,(H,14,16). The number of nitrogens with one attached hydrogen (secondary N) is 1. The summed E-state index contributed by atoms with van der Waals surface area (Å²) in [6.07, 6.45) is 1.74. The summed E-state index contributed by atoms with van der Waals surface area (Å²) < 4.78 is 24.8. The molecular formula is C12H13ClN2O3S. The van der Waals surface area contributed by atoms with E-state index >= 15 is 0 Å². The van der Waals surface area contributed by atoms with Crippen molar-refractivity contribution >= 4 is 36.5 Å². The fourth-order valence-electron chi connectivity index (χ4n) is 1.94. The number of hydrogen-bond donors (Lipinski definition) is 1. The third-order valence-corrected chi connectivity index (χ3v) is 4.22. The summed E-state index contributed by atoms with van der Waals surface area (Å²) in [6.45, 7) is 0.395. The molecule has 0 fully saturated rings. The van der Waals surface area contributed by atoms with Crippen LogP contribution >= 0.6 is 10.7 Å². The lowest BCUT2D eigenvalue weighted by Gasteiger charge is -2.03. The van der Waals surface area contributed by atoms with Crippen LogP contribution in [-0.4, -0.2) is 25.9 Å². The average molecular weight is 301 g/mol. The first-order valence-electron chi connectivity index (χ1n) is 5.66. The number of hydrogen-bond acceptors (Lipinski definition) is 3. The summed E-state index contributed by atoms with van der Waals surface area (Å²) >= 11 is 0. The second-order valence-electron chi connectivity index (χ2n) is 4.06. The summed E-state index contributed by atoms with van der Waals surface area (Å²) in [7, 11) is 3.18. The van der Waals surface area contributed by atoms with Crippen LogP contribution in [0.1, 0.15) is 6.42 Å². The number of fused-ring (bicyclic) bond motifs is 1. The van der Waals surface area contributed by atoms with Gasteiger partial charge in [0.1, 0.15) is 4.90 Å². The largest absolute Gasteiger partial charge is 0.359 e. The predicted molar refractivity (Wildman–Crippen MR) is 73.7 cm³/mol. The van der Waals surface area contributed by atoms with Crippen molar-refractivity contribution in [2.45, 2.75) is 17.9 Å². The van der Waals surface area contributed by atoms with Gasteiger partial charge in [-0.2, -0.15) is 0 Å². The highest BCUT2D eigenvalue weighted by molar-refractivity contribution is 8.14. The molecule has 0 atom stereocenters. The van der Waals surface area contributed by atoms with Crippen LogP contribution in [0.25, 0.3) is 10.9 Å². The number of aromatic nitrogens is 1. The Morgan fingerprint density at radius 3 is 2.68 bits per heavy atom. The Morgan fingerprint density at radius 1 is 1.37 bits per heavy atom. The summed E-state index contributed by atoms with van der Waals surface area (Å²) in [4.78, 5) is 11.3. The van der Waals surface area contributed by atoms with Gasteiger partial charge in [0.05, 0.1) is 0 Å². The van der Waals surface area contributed by atoms with E-state index in [0.29, 0.717) is 11.9 Å². The second-order valence-corrected chi connectivity index (χ2v) is 6.60. The van der Waals surface area contributed by atoms with E-state index < -0.39 is 9.05 Å². The van der Waals surface area contributed by atoms with E-state index in [1.807, 2.05) is 6.07 Å². The summed E-state index contributed by atoms with van der Waals surface area (Å²) in [5.74, 6) is -0.104. The van der Waals surface area contributed by atoms with Gasteiger partial charge in [-0.15, -0.1) is 0 Å². The van der Waals surface area contributed by atoms with E-state index in [9.17, 15) is 13.2 Å². The summed E-state index contributed by atoms with van der Waals surface area (Å²) in [5, 5.41) is 3.09. The highest BCUT2D eigenvalue weighted by Gasteiger charge is 2.18. The highest BCUT2D eigenvalue weighted by Crippen LogP contribution is 2.27. The molecule has 1 heterocycles. The van der Waals surface area contributed by atoms with Crippen LogP contribution in [0.4, 0.5) is 0 Å². The van der Waals surface area contributed by atoms with E-state index in [2.05, 4.69) is 5.32 Å². The number of nitrogens with zero attached hydrogens (tertiary/aromatic N) is 1. The maximum Gasteiger partial charge on any atom is 0.263 e. The Balaban J connectivity index is 2.48. The molecule has 0 saturated carbocycles. The number of aryl methyl sites for hydroxylation is 1. The lowest BCUT2D eigenvalue weighted by molar-refractivity contribution is -0.120. The Bertz CT molecular complexity index is 722. The molecular weight excluding hydrogens is 288 g/mol. The fourth-order valence-corrected chi connectivity index (χ4v) is 3.00. The number of para-hydroxylation sites is 1. The van der Waals surface area contributed by atoms with Crippen LogP contribution in [0.5, 0.6) is 0 Å². The zero-order chi connectivity index (χ0) is 14.0. The van der Waals surface area contributed by atoms with Crippen molar-refractivity contribution in [3.8, 4) is 0 Å². The van der Waals surface area contributed by atoms with Crippen molar-refractivity contribution in [1.82, 2.24) is 9.88 Å². The van der Waals surface area contributed by atoms with Crippen LogP contribution in [0, 0.1) is 0 Å². The molecule has 2 aromatic rings. The highest BCUT2D eigenvalue weighted by atomic mass is 35.7. The van der Waals surface area contributed by atoms with Gasteiger partial charge in [-0.1, -0.05) is 18.2 Å². The van der Waals surface area contributed by atoms with Crippen LogP contribution in [-0.2, 0) is 20.4 Å². The number of amides is 1. The molecule has 5 nitrogen and oxygen atoms in total. The number of carbonyl (C=O) groups is 1. The number of benzene rings is 1. The van der Waals surface area contributed by atoms with Crippen LogP contribution in [0.15, 0.2) is 35.4 Å². The normalized spacial score (nSPS) is 11.7. The average Bonchev–Trinajstić information content (AvgIpc) is 2.75. The van der Waals surface area contributed by atoms with Crippen LogP contribution < -0.4 is 5.32 Å². The molecule has 0 spiro atoms. The molecule has 2 rings (SSSR count). The zero-order valence-electron chi connectivity index (χ0n) is 10.3. The molecule has 7 heteroatoms. The van der Waals surface area contributed by atoms with Crippen LogP contribution in [0.3, 0.4) is 0 Å². The van der Waals surface area contributed by atoms with E-state index in [0.717, 1.165) is 5.52 Å². The SMILES string of the molecule is CNC(=O)CCn1cc(S(=O)(=O)Cl)c2ccccc21. The van der Waals surface area contributed by atoms with Gasteiger partial charge in [-0.3, -0.25) is 4.79 Å². The first-order valence-corrected chi connectivity index (χ1v) is 7.97. The van der Waals surface area contributed by atoms with E-state index in [1.165, 1.54) is 6.20 Å². The Labute approximate surface area is 115 Å². The van der Waals surface area contributed by atoms with Gasteiger partial charge >= 0.3 is 0 Å². The summed E-state index contributed by atoms with van der Waals surface area (Å²) in [5.41, 5.74) is 0.741. The first-order chi connectivity index (χ1) is 8.93.